The number of pyridine rings is 1. The Balaban J connectivity index is 1.64. The smallest absolute Gasteiger partial charge is 0.261 e. The number of aryl methyl sites for hydroxylation is 1. The van der Waals surface area contributed by atoms with Crippen LogP contribution in [0.1, 0.15) is 34.0 Å². The fraction of sp³-hybridized carbons (Fsp3) is 0.150. The summed E-state index contributed by atoms with van der Waals surface area (Å²) in [4.78, 5) is 18.6. The molecular weight excluding hydrogens is 344 g/mol. The maximum absolute atomic E-state index is 12.7. The minimum absolute atomic E-state index is 0.0941. The fourth-order valence-electron chi connectivity index (χ4n) is 2.88. The number of fused-ring (bicyclic) bond motifs is 1. The van der Waals surface area contributed by atoms with Gasteiger partial charge in [-0.25, -0.2) is 4.68 Å². The predicted octanol–water partition coefficient (Wildman–Crippen LogP) is 4.28. The highest BCUT2D eigenvalue weighted by molar-refractivity contribution is 7.20. The number of hydrogen-bond acceptors (Lipinski definition) is 4. The fourth-order valence-corrected chi connectivity index (χ4v) is 3.96. The van der Waals surface area contributed by atoms with Crippen molar-refractivity contribution in [3.05, 3.63) is 77.1 Å². The average Bonchev–Trinajstić information content (AvgIpc) is 3.24. The summed E-state index contributed by atoms with van der Waals surface area (Å²) in [5, 5.41) is 8.64. The van der Waals surface area contributed by atoms with Crippen molar-refractivity contribution in [2.45, 2.75) is 19.9 Å². The predicted molar refractivity (Wildman–Crippen MR) is 104 cm³/mol. The summed E-state index contributed by atoms with van der Waals surface area (Å²) in [6.07, 6.45) is 1.73. The summed E-state index contributed by atoms with van der Waals surface area (Å²) in [5.74, 6) is -0.0941. The first-order chi connectivity index (χ1) is 12.6. The highest BCUT2D eigenvalue weighted by atomic mass is 32.1. The highest BCUT2D eigenvalue weighted by Gasteiger charge is 2.19. The summed E-state index contributed by atoms with van der Waals surface area (Å²) in [7, 11) is 0. The lowest BCUT2D eigenvalue weighted by molar-refractivity contribution is 0.0943. The molecule has 1 unspecified atom stereocenters. The van der Waals surface area contributed by atoms with Crippen molar-refractivity contribution in [1.82, 2.24) is 20.1 Å². The van der Waals surface area contributed by atoms with Crippen molar-refractivity contribution in [1.29, 1.82) is 0 Å². The van der Waals surface area contributed by atoms with Gasteiger partial charge in [0.2, 0.25) is 0 Å². The Labute approximate surface area is 155 Å². The molecule has 4 rings (SSSR count). The van der Waals surface area contributed by atoms with E-state index in [1.807, 2.05) is 73.1 Å². The first-order valence-corrected chi connectivity index (χ1v) is 9.21. The van der Waals surface area contributed by atoms with Crippen LogP contribution in [-0.2, 0) is 0 Å². The van der Waals surface area contributed by atoms with E-state index >= 15 is 0 Å². The molecule has 0 fully saturated rings. The summed E-state index contributed by atoms with van der Waals surface area (Å²) in [6, 6.07) is 17.4. The van der Waals surface area contributed by atoms with Gasteiger partial charge in [0.15, 0.2) is 0 Å². The summed E-state index contributed by atoms with van der Waals surface area (Å²) >= 11 is 1.45. The van der Waals surface area contributed by atoms with E-state index in [0.29, 0.717) is 4.88 Å². The SMILES string of the molecule is Cc1nn(-c2ccccc2)c2sc(C(=O)NC(C)c3ccccn3)cc12. The van der Waals surface area contributed by atoms with Gasteiger partial charge in [-0.05, 0) is 44.2 Å². The third-order valence-electron chi connectivity index (χ3n) is 4.25. The van der Waals surface area contributed by atoms with Crippen LogP contribution in [0.2, 0.25) is 0 Å². The molecule has 1 atom stereocenters. The maximum Gasteiger partial charge on any atom is 0.261 e. The topological polar surface area (TPSA) is 59.8 Å². The van der Waals surface area contributed by atoms with Gasteiger partial charge in [0, 0.05) is 11.6 Å². The second-order valence-electron chi connectivity index (χ2n) is 6.11. The lowest BCUT2D eigenvalue weighted by Gasteiger charge is -2.12. The van der Waals surface area contributed by atoms with Crippen LogP contribution in [0.25, 0.3) is 15.9 Å². The molecule has 0 saturated heterocycles. The molecule has 0 spiro atoms. The molecule has 0 saturated carbocycles. The Morgan fingerprint density at radius 1 is 1.15 bits per heavy atom. The molecule has 4 aromatic rings. The van der Waals surface area contributed by atoms with E-state index in [0.717, 1.165) is 27.3 Å². The van der Waals surface area contributed by atoms with E-state index in [4.69, 9.17) is 0 Å². The molecule has 3 aromatic heterocycles. The number of rotatable bonds is 4. The lowest BCUT2D eigenvalue weighted by Crippen LogP contribution is -2.26. The maximum atomic E-state index is 12.7. The zero-order chi connectivity index (χ0) is 18.1. The molecule has 3 heterocycles. The standard InChI is InChI=1S/C20H18N4OS/c1-13-16-12-18(19(25)22-14(2)17-10-6-7-11-21-17)26-20(16)24(23-13)15-8-4-3-5-9-15/h3-12,14H,1-2H3,(H,22,25). The van der Waals surface area contributed by atoms with Gasteiger partial charge >= 0.3 is 0 Å². The second kappa shape index (κ2) is 6.72. The van der Waals surface area contributed by atoms with Crippen LogP contribution >= 0.6 is 11.3 Å². The molecule has 130 valence electrons. The van der Waals surface area contributed by atoms with Crippen LogP contribution in [0.3, 0.4) is 0 Å². The number of hydrogen-bond donors (Lipinski definition) is 1. The number of nitrogens with one attached hydrogen (secondary N) is 1. The number of carbonyl (C=O) groups excluding carboxylic acids is 1. The van der Waals surface area contributed by atoms with Gasteiger partial charge in [0.05, 0.1) is 28.0 Å². The number of benzene rings is 1. The van der Waals surface area contributed by atoms with E-state index in [-0.39, 0.29) is 11.9 Å². The normalized spacial score (nSPS) is 12.2. The first kappa shape index (κ1) is 16.5. The molecule has 1 aromatic carbocycles. The van der Waals surface area contributed by atoms with Crippen molar-refractivity contribution in [2.24, 2.45) is 0 Å². The Bertz CT molecular complexity index is 1050. The van der Waals surface area contributed by atoms with Crippen LogP contribution < -0.4 is 5.32 Å². The third kappa shape index (κ3) is 2.99. The summed E-state index contributed by atoms with van der Waals surface area (Å²) in [6.45, 7) is 3.90. The Morgan fingerprint density at radius 3 is 2.65 bits per heavy atom. The minimum atomic E-state index is -0.152. The number of aromatic nitrogens is 3. The molecule has 5 nitrogen and oxygen atoms in total. The van der Waals surface area contributed by atoms with Crippen molar-refractivity contribution in [3.8, 4) is 5.69 Å². The number of nitrogens with zero attached hydrogens (tertiary/aromatic N) is 3. The van der Waals surface area contributed by atoms with Gasteiger partial charge in [-0.3, -0.25) is 9.78 Å². The number of carbonyl (C=O) groups is 1. The van der Waals surface area contributed by atoms with E-state index in [2.05, 4.69) is 15.4 Å². The van der Waals surface area contributed by atoms with Crippen LogP contribution in [0.5, 0.6) is 0 Å². The van der Waals surface area contributed by atoms with Gasteiger partial charge in [-0.15, -0.1) is 11.3 Å². The van der Waals surface area contributed by atoms with Gasteiger partial charge < -0.3 is 5.32 Å². The first-order valence-electron chi connectivity index (χ1n) is 8.40. The largest absolute Gasteiger partial charge is 0.343 e. The van der Waals surface area contributed by atoms with Gasteiger partial charge in [0.25, 0.3) is 5.91 Å². The molecule has 0 aliphatic carbocycles. The Hall–Kier alpha value is -2.99. The zero-order valence-corrected chi connectivity index (χ0v) is 15.3. The third-order valence-corrected chi connectivity index (χ3v) is 5.36. The van der Waals surface area contributed by atoms with Crippen molar-refractivity contribution >= 4 is 27.5 Å². The van der Waals surface area contributed by atoms with Crippen LogP contribution in [0.15, 0.2) is 60.8 Å². The van der Waals surface area contributed by atoms with E-state index in [1.54, 1.807) is 6.20 Å². The second-order valence-corrected chi connectivity index (χ2v) is 7.14. The highest BCUT2D eigenvalue weighted by Crippen LogP contribution is 2.30. The lowest BCUT2D eigenvalue weighted by atomic mass is 10.2. The molecule has 26 heavy (non-hydrogen) atoms. The van der Waals surface area contributed by atoms with E-state index < -0.39 is 0 Å². The van der Waals surface area contributed by atoms with Gasteiger partial charge in [0.1, 0.15) is 4.83 Å². The van der Waals surface area contributed by atoms with Gasteiger partial charge in [-0.1, -0.05) is 24.3 Å². The Kier molecular flexibility index (Phi) is 4.26. The van der Waals surface area contributed by atoms with E-state index in [1.165, 1.54) is 11.3 Å². The van der Waals surface area contributed by atoms with Crippen LogP contribution in [0, 0.1) is 6.92 Å². The number of para-hydroxylation sites is 1. The average molecular weight is 362 g/mol. The minimum Gasteiger partial charge on any atom is -0.343 e. The molecule has 0 radical (unpaired) electrons. The monoisotopic (exact) mass is 362 g/mol. The number of amides is 1. The van der Waals surface area contributed by atoms with Crippen molar-refractivity contribution in [3.63, 3.8) is 0 Å². The van der Waals surface area contributed by atoms with Crippen LogP contribution in [0.4, 0.5) is 0 Å². The van der Waals surface area contributed by atoms with Crippen molar-refractivity contribution < 1.29 is 4.79 Å². The van der Waals surface area contributed by atoms with Crippen molar-refractivity contribution in [2.75, 3.05) is 0 Å². The molecule has 0 aliphatic heterocycles. The molecule has 6 heteroatoms. The zero-order valence-electron chi connectivity index (χ0n) is 14.5. The number of thiophene rings is 1. The molecule has 1 amide bonds. The van der Waals surface area contributed by atoms with Crippen LogP contribution in [-0.4, -0.2) is 20.7 Å². The molecule has 0 bridgehead atoms. The van der Waals surface area contributed by atoms with Gasteiger partial charge in [-0.2, -0.15) is 5.10 Å². The summed E-state index contributed by atoms with van der Waals surface area (Å²) in [5.41, 5.74) is 2.74. The Morgan fingerprint density at radius 2 is 1.92 bits per heavy atom. The quantitative estimate of drug-likeness (QED) is 0.589. The molecular formula is C20H18N4OS. The van der Waals surface area contributed by atoms with E-state index in [9.17, 15) is 4.79 Å². The summed E-state index contributed by atoms with van der Waals surface area (Å²) < 4.78 is 1.90. The molecule has 1 N–H and O–H groups in total. The molecule has 0 aliphatic rings.